The number of likely N-dealkylation sites (tertiary alicyclic amines) is 1. The highest BCUT2D eigenvalue weighted by Crippen LogP contribution is 2.31. The van der Waals surface area contributed by atoms with Gasteiger partial charge < -0.3 is 15.0 Å². The van der Waals surface area contributed by atoms with Crippen LogP contribution in [-0.4, -0.2) is 65.0 Å². The van der Waals surface area contributed by atoms with Crippen LogP contribution in [0.2, 0.25) is 0 Å². The minimum Gasteiger partial charge on any atom is -0.450 e. The van der Waals surface area contributed by atoms with E-state index < -0.39 is 47.2 Å². The van der Waals surface area contributed by atoms with Crippen molar-refractivity contribution in [1.29, 1.82) is 0 Å². The highest BCUT2D eigenvalue weighted by molar-refractivity contribution is 6.08. The Hall–Kier alpha value is -4.45. The number of carbonyl (C=O) groups is 5. The Morgan fingerprint density at radius 3 is 2.15 bits per heavy atom. The lowest BCUT2D eigenvalue weighted by molar-refractivity contribution is -0.148. The lowest BCUT2D eigenvalue weighted by Gasteiger charge is -2.36. The summed E-state index contributed by atoms with van der Waals surface area (Å²) >= 11 is 0. The van der Waals surface area contributed by atoms with Crippen molar-refractivity contribution in [2.24, 2.45) is 17.8 Å². The Kier molecular flexibility index (Phi) is 12.1. The van der Waals surface area contributed by atoms with Crippen molar-refractivity contribution < 1.29 is 33.5 Å². The smallest absolute Gasteiger partial charge is 0.409 e. The quantitative estimate of drug-likeness (QED) is 0.209. The van der Waals surface area contributed by atoms with E-state index >= 15 is 0 Å². The minimum absolute atomic E-state index is 0.0343. The zero-order valence-corrected chi connectivity index (χ0v) is 26.8. The summed E-state index contributed by atoms with van der Waals surface area (Å²) in [5.41, 5.74) is 5.84. The fourth-order valence-corrected chi connectivity index (χ4v) is 6.03. The van der Waals surface area contributed by atoms with Crippen LogP contribution in [0.3, 0.4) is 0 Å². The molecule has 2 aliphatic rings. The number of nitrogens with zero attached hydrogens (tertiary/aromatic N) is 2. The van der Waals surface area contributed by atoms with E-state index in [1.807, 2.05) is 74.5 Å². The van der Waals surface area contributed by atoms with E-state index in [1.165, 1.54) is 4.90 Å². The minimum atomic E-state index is -1.24. The normalized spacial score (nSPS) is 17.0. The molecule has 3 N–H and O–H groups in total. The predicted octanol–water partition coefficient (Wildman–Crippen LogP) is 4.11. The van der Waals surface area contributed by atoms with Crippen molar-refractivity contribution in [3.8, 4) is 0 Å². The molecule has 1 spiro atoms. The molecular formula is C34H45N5O7. The van der Waals surface area contributed by atoms with Gasteiger partial charge in [-0.3, -0.25) is 24.6 Å². The Morgan fingerprint density at radius 2 is 1.54 bits per heavy atom. The molecule has 2 aromatic rings. The number of amides is 6. The average Bonchev–Trinajstić information content (AvgIpc) is 3.27. The van der Waals surface area contributed by atoms with Gasteiger partial charge in [-0.25, -0.2) is 15.1 Å². The number of nitrogens with one attached hydrogen (secondary N) is 3. The van der Waals surface area contributed by atoms with Crippen molar-refractivity contribution in [2.45, 2.75) is 71.4 Å². The predicted molar refractivity (Wildman–Crippen MR) is 169 cm³/mol. The average molecular weight is 636 g/mol. The van der Waals surface area contributed by atoms with Gasteiger partial charge in [-0.2, -0.15) is 5.01 Å². The first kappa shape index (κ1) is 34.4. The molecule has 0 aliphatic carbocycles. The maximum absolute atomic E-state index is 13.9. The molecule has 12 nitrogen and oxygen atoms in total. The molecule has 0 saturated carbocycles. The maximum Gasteiger partial charge on any atom is 0.409 e. The van der Waals surface area contributed by atoms with Crippen molar-refractivity contribution in [1.82, 2.24) is 26.1 Å². The molecule has 2 fully saturated rings. The van der Waals surface area contributed by atoms with Gasteiger partial charge >= 0.3 is 12.1 Å². The largest absolute Gasteiger partial charge is 0.450 e. The molecule has 46 heavy (non-hydrogen) atoms. The third kappa shape index (κ3) is 8.84. The molecule has 0 aromatic heterocycles. The third-order valence-electron chi connectivity index (χ3n) is 8.49. The van der Waals surface area contributed by atoms with E-state index in [0.717, 1.165) is 16.1 Å². The third-order valence-corrected chi connectivity index (χ3v) is 8.49. The molecular weight excluding hydrogens is 590 g/mol. The summed E-state index contributed by atoms with van der Waals surface area (Å²) in [5, 5.41) is 3.46. The molecule has 2 saturated heterocycles. The summed E-state index contributed by atoms with van der Waals surface area (Å²) in [4.78, 5) is 73.3. The highest BCUT2D eigenvalue weighted by atomic mass is 16.6. The lowest BCUT2D eigenvalue weighted by Crippen LogP contribution is -2.57. The van der Waals surface area contributed by atoms with Gasteiger partial charge in [0.15, 0.2) is 0 Å². The van der Waals surface area contributed by atoms with Crippen LogP contribution in [0.1, 0.15) is 64.0 Å². The van der Waals surface area contributed by atoms with Gasteiger partial charge in [0.1, 0.15) is 5.54 Å². The number of hydroxylamine groups is 1. The fraction of sp³-hybridized carbons (Fsp3) is 0.500. The number of rotatable bonds is 14. The molecule has 2 atom stereocenters. The summed E-state index contributed by atoms with van der Waals surface area (Å²) in [6, 6.07) is 18.5. The number of hydrogen-bond acceptors (Lipinski definition) is 7. The van der Waals surface area contributed by atoms with E-state index in [2.05, 4.69) is 16.2 Å². The van der Waals surface area contributed by atoms with Gasteiger partial charge in [-0.15, -0.1) is 0 Å². The standard InChI is InChI=1S/C34H45N5O7/c1-4-45-33(44)38-20-18-34(19-21-38)31(42)39(32(43)35-34)36-29(40)28(22-24(2)3)27(17-11-16-25-12-7-5-8-13-25)30(41)37-46-23-26-14-9-6-10-15-26/h5-10,12-15,24,27-28H,4,11,16-23H2,1-3H3,(H,35,43)(H,36,40)(H,37,41)/t27-,28+/m0/s1. The van der Waals surface area contributed by atoms with Crippen molar-refractivity contribution in [3.63, 3.8) is 0 Å². The topological polar surface area (TPSA) is 146 Å². The first-order valence-corrected chi connectivity index (χ1v) is 16.0. The number of imide groups is 1. The van der Waals surface area contributed by atoms with Crippen LogP contribution in [-0.2, 0) is 37.0 Å². The number of hydrazine groups is 1. The van der Waals surface area contributed by atoms with Gasteiger partial charge in [-0.1, -0.05) is 74.5 Å². The van der Waals surface area contributed by atoms with Gasteiger partial charge in [0.25, 0.3) is 5.91 Å². The Morgan fingerprint density at radius 1 is 0.913 bits per heavy atom. The zero-order valence-electron chi connectivity index (χ0n) is 26.8. The Bertz CT molecular complexity index is 1350. The molecule has 248 valence electrons. The summed E-state index contributed by atoms with van der Waals surface area (Å²) in [6.07, 6.45) is 1.96. The molecule has 4 rings (SSSR count). The van der Waals surface area contributed by atoms with Crippen molar-refractivity contribution in [3.05, 3.63) is 71.8 Å². The van der Waals surface area contributed by atoms with Crippen LogP contribution < -0.4 is 16.2 Å². The molecule has 0 radical (unpaired) electrons. The molecule has 0 bridgehead atoms. The maximum atomic E-state index is 13.9. The number of hydrogen-bond donors (Lipinski definition) is 3. The van der Waals surface area contributed by atoms with Crippen LogP contribution in [0, 0.1) is 17.8 Å². The van der Waals surface area contributed by atoms with Crippen molar-refractivity contribution >= 4 is 29.8 Å². The zero-order chi connectivity index (χ0) is 33.1. The summed E-state index contributed by atoms with van der Waals surface area (Å²) in [6.45, 7) is 6.44. The van der Waals surface area contributed by atoms with Crippen LogP contribution >= 0.6 is 0 Å². The van der Waals surface area contributed by atoms with E-state index in [9.17, 15) is 24.0 Å². The van der Waals surface area contributed by atoms with Crippen LogP contribution in [0.5, 0.6) is 0 Å². The molecule has 0 unspecified atom stereocenters. The van der Waals surface area contributed by atoms with Crippen molar-refractivity contribution in [2.75, 3.05) is 19.7 Å². The van der Waals surface area contributed by atoms with Crippen LogP contribution in [0.25, 0.3) is 0 Å². The molecule has 6 amide bonds. The van der Waals surface area contributed by atoms with Crippen LogP contribution in [0.15, 0.2) is 60.7 Å². The molecule has 2 heterocycles. The second-order valence-electron chi connectivity index (χ2n) is 12.3. The number of piperidine rings is 1. The fourth-order valence-electron chi connectivity index (χ4n) is 6.03. The summed E-state index contributed by atoms with van der Waals surface area (Å²) in [5.74, 6) is -3.23. The van der Waals surface area contributed by atoms with Gasteiger partial charge in [-0.05, 0) is 62.5 Å². The van der Waals surface area contributed by atoms with Gasteiger partial charge in [0.05, 0.1) is 25.0 Å². The SMILES string of the molecule is CCOC(=O)N1CCC2(CC1)NC(=O)N(NC(=O)[C@H](CC(C)C)[C@H](CCCc1ccccc1)C(=O)NOCc1ccccc1)C2=O. The number of carbonyl (C=O) groups excluding carboxylic acids is 5. The van der Waals surface area contributed by atoms with Gasteiger partial charge in [0, 0.05) is 13.1 Å². The van der Waals surface area contributed by atoms with Crippen LogP contribution in [0.4, 0.5) is 9.59 Å². The lowest BCUT2D eigenvalue weighted by atomic mass is 9.81. The van der Waals surface area contributed by atoms with E-state index in [1.54, 1.807) is 6.92 Å². The van der Waals surface area contributed by atoms with Gasteiger partial charge in [0.2, 0.25) is 11.8 Å². The highest BCUT2D eigenvalue weighted by Gasteiger charge is 2.54. The van der Waals surface area contributed by atoms with E-state index in [-0.39, 0.29) is 45.1 Å². The summed E-state index contributed by atoms with van der Waals surface area (Å²) < 4.78 is 5.06. The Balaban J connectivity index is 1.47. The number of benzene rings is 2. The molecule has 12 heteroatoms. The second kappa shape index (κ2) is 16.2. The number of aryl methyl sites for hydroxylation is 1. The second-order valence-corrected chi connectivity index (χ2v) is 12.3. The van der Waals surface area contributed by atoms with E-state index in [4.69, 9.17) is 9.57 Å². The van der Waals surface area contributed by atoms with E-state index in [0.29, 0.717) is 25.7 Å². The number of urea groups is 1. The first-order chi connectivity index (χ1) is 22.1. The first-order valence-electron chi connectivity index (χ1n) is 16.0. The molecule has 2 aromatic carbocycles. The Labute approximate surface area is 270 Å². The monoisotopic (exact) mass is 635 g/mol. The molecule has 2 aliphatic heterocycles. The summed E-state index contributed by atoms with van der Waals surface area (Å²) in [7, 11) is 0. The number of ether oxygens (including phenoxy) is 1.